The lowest BCUT2D eigenvalue weighted by molar-refractivity contribution is -0.0334. The summed E-state index contributed by atoms with van der Waals surface area (Å²) in [6.45, 7) is 5.55. The highest BCUT2D eigenvalue weighted by Gasteiger charge is 2.26. The van der Waals surface area contributed by atoms with Gasteiger partial charge in [-0.05, 0) is 12.1 Å². The van der Waals surface area contributed by atoms with E-state index >= 15 is 0 Å². The number of nitrogens with two attached hydrogens (primary N) is 1. The van der Waals surface area contributed by atoms with Gasteiger partial charge < -0.3 is 15.0 Å². The number of nitrogens with zero attached hydrogens (tertiary/aromatic N) is 3. The molecule has 1 aliphatic rings. The van der Waals surface area contributed by atoms with Crippen LogP contribution in [0, 0.1) is 0 Å². The zero-order valence-electron chi connectivity index (χ0n) is 12.1. The minimum absolute atomic E-state index is 0.140. The number of ether oxygens (including phenoxy) is 1. The third-order valence-electron chi connectivity index (χ3n) is 3.77. The van der Waals surface area contributed by atoms with E-state index in [1.165, 1.54) is 0 Å². The molecule has 1 aliphatic heterocycles. The molecule has 1 unspecified atom stereocenters. The number of benzene rings is 1. The van der Waals surface area contributed by atoms with Crippen molar-refractivity contribution in [3.05, 3.63) is 47.6 Å². The predicted molar refractivity (Wildman–Crippen MR) is 77.6 cm³/mol. The molecule has 0 spiro atoms. The van der Waals surface area contributed by atoms with Gasteiger partial charge in [-0.15, -0.1) is 0 Å². The van der Waals surface area contributed by atoms with Gasteiger partial charge >= 0.3 is 0 Å². The molecule has 2 heterocycles. The Labute approximate surface area is 123 Å². The first-order valence-electron chi connectivity index (χ1n) is 7.26. The molecule has 1 saturated heterocycles. The van der Waals surface area contributed by atoms with Crippen LogP contribution in [0.15, 0.2) is 34.9 Å². The van der Waals surface area contributed by atoms with Crippen LogP contribution in [0.5, 0.6) is 0 Å². The van der Waals surface area contributed by atoms with Crippen LogP contribution in [0.4, 0.5) is 0 Å². The Balaban J connectivity index is 1.74. The van der Waals surface area contributed by atoms with Crippen LogP contribution in [0.3, 0.4) is 0 Å². The van der Waals surface area contributed by atoms with Crippen LogP contribution in [0.25, 0.3) is 0 Å². The largest absolute Gasteiger partial charge is 0.367 e. The Hall–Kier alpha value is -1.76. The second-order valence-electron chi connectivity index (χ2n) is 5.13. The molecule has 0 bridgehead atoms. The average Bonchev–Trinajstić information content (AvgIpc) is 3.05. The van der Waals surface area contributed by atoms with Gasteiger partial charge in [0.25, 0.3) is 0 Å². The molecule has 2 N–H and O–H groups in total. The maximum atomic E-state index is 6.17. The van der Waals surface area contributed by atoms with Crippen molar-refractivity contribution in [2.24, 2.45) is 5.73 Å². The molecule has 2 atom stereocenters. The lowest BCUT2D eigenvalue weighted by Gasteiger charge is -2.30. The number of hydrogen-bond donors (Lipinski definition) is 1. The van der Waals surface area contributed by atoms with Crippen molar-refractivity contribution in [3.8, 4) is 0 Å². The van der Waals surface area contributed by atoms with Crippen molar-refractivity contribution in [3.63, 3.8) is 0 Å². The summed E-state index contributed by atoms with van der Waals surface area (Å²) in [6.07, 6.45) is -0.140. The summed E-state index contributed by atoms with van der Waals surface area (Å²) in [4.78, 5) is 6.73. The topological polar surface area (TPSA) is 77.4 Å². The summed E-state index contributed by atoms with van der Waals surface area (Å²) in [5, 5.41) is 4.04. The van der Waals surface area contributed by atoms with Crippen LogP contribution in [-0.2, 0) is 4.74 Å². The highest BCUT2D eigenvalue weighted by atomic mass is 16.5. The highest BCUT2D eigenvalue weighted by molar-refractivity contribution is 5.23. The zero-order chi connectivity index (χ0) is 14.7. The second kappa shape index (κ2) is 6.34. The lowest BCUT2D eigenvalue weighted by Crippen LogP contribution is -2.38. The van der Waals surface area contributed by atoms with E-state index < -0.39 is 6.04 Å². The molecule has 1 aromatic heterocycles. The molecular formula is C15H20N4O2. The van der Waals surface area contributed by atoms with Crippen molar-refractivity contribution in [2.75, 3.05) is 26.2 Å². The van der Waals surface area contributed by atoms with Crippen molar-refractivity contribution >= 4 is 0 Å². The van der Waals surface area contributed by atoms with Gasteiger partial charge in [-0.3, -0.25) is 4.90 Å². The predicted octanol–water partition coefficient (Wildman–Crippen LogP) is 1.51. The molecule has 1 fully saturated rings. The van der Waals surface area contributed by atoms with E-state index in [0.717, 1.165) is 25.2 Å². The Kier molecular flexibility index (Phi) is 4.28. The fourth-order valence-corrected chi connectivity index (χ4v) is 2.45. The van der Waals surface area contributed by atoms with E-state index in [-0.39, 0.29) is 6.10 Å². The molecule has 1 aromatic carbocycles. The SMILES string of the molecule is CCN1CCOC(c2noc([C@@H](N)c3ccccc3)n2)C1. The van der Waals surface area contributed by atoms with Gasteiger partial charge in [-0.2, -0.15) is 4.98 Å². The molecule has 2 aromatic rings. The first kappa shape index (κ1) is 14.2. The minimum atomic E-state index is -0.404. The van der Waals surface area contributed by atoms with Crippen molar-refractivity contribution in [1.29, 1.82) is 0 Å². The molecule has 112 valence electrons. The number of morpholine rings is 1. The van der Waals surface area contributed by atoms with E-state index in [1.54, 1.807) is 0 Å². The third-order valence-corrected chi connectivity index (χ3v) is 3.77. The van der Waals surface area contributed by atoms with Crippen LogP contribution in [0.2, 0.25) is 0 Å². The lowest BCUT2D eigenvalue weighted by atomic mass is 10.1. The number of likely N-dealkylation sites (N-methyl/N-ethyl adjacent to an activating group) is 1. The summed E-state index contributed by atoms with van der Waals surface area (Å²) in [5.74, 6) is 1.00. The average molecular weight is 288 g/mol. The van der Waals surface area contributed by atoms with Gasteiger partial charge in [-0.25, -0.2) is 0 Å². The van der Waals surface area contributed by atoms with Crippen molar-refractivity contribution in [1.82, 2.24) is 15.0 Å². The molecule has 3 rings (SSSR count). The van der Waals surface area contributed by atoms with E-state index in [1.807, 2.05) is 30.3 Å². The number of rotatable bonds is 4. The molecule has 6 heteroatoms. The quantitative estimate of drug-likeness (QED) is 0.919. The van der Waals surface area contributed by atoms with Gasteiger partial charge in [0, 0.05) is 13.1 Å². The Morgan fingerprint density at radius 1 is 1.38 bits per heavy atom. The number of hydrogen-bond acceptors (Lipinski definition) is 6. The maximum Gasteiger partial charge on any atom is 0.248 e. The zero-order valence-corrected chi connectivity index (χ0v) is 12.1. The van der Waals surface area contributed by atoms with Crippen LogP contribution in [-0.4, -0.2) is 41.3 Å². The van der Waals surface area contributed by atoms with Crippen LogP contribution >= 0.6 is 0 Å². The molecule has 0 amide bonds. The summed E-state index contributed by atoms with van der Waals surface area (Å²) in [5.41, 5.74) is 7.12. The number of aromatic nitrogens is 2. The standard InChI is InChI=1S/C15H20N4O2/c1-2-19-8-9-20-12(10-19)14-17-15(21-18-14)13(16)11-6-4-3-5-7-11/h3-7,12-13H,2,8-10,16H2,1H3/t12?,13-/m0/s1. The third kappa shape index (κ3) is 3.12. The second-order valence-corrected chi connectivity index (χ2v) is 5.13. The van der Waals surface area contributed by atoms with Crippen molar-refractivity contribution in [2.45, 2.75) is 19.1 Å². The fraction of sp³-hybridized carbons (Fsp3) is 0.467. The first-order chi connectivity index (χ1) is 10.3. The van der Waals surface area contributed by atoms with Gasteiger partial charge in [0.2, 0.25) is 11.7 Å². The molecule has 0 saturated carbocycles. The molecule has 21 heavy (non-hydrogen) atoms. The molecule has 6 nitrogen and oxygen atoms in total. The monoisotopic (exact) mass is 288 g/mol. The van der Waals surface area contributed by atoms with Crippen molar-refractivity contribution < 1.29 is 9.26 Å². The summed E-state index contributed by atoms with van der Waals surface area (Å²) >= 11 is 0. The molecule has 0 radical (unpaired) electrons. The first-order valence-corrected chi connectivity index (χ1v) is 7.26. The highest BCUT2D eigenvalue weighted by Crippen LogP contribution is 2.23. The Morgan fingerprint density at radius 2 is 2.19 bits per heavy atom. The minimum Gasteiger partial charge on any atom is -0.367 e. The van der Waals surface area contributed by atoms with Gasteiger partial charge in [0.05, 0.1) is 6.61 Å². The van der Waals surface area contributed by atoms with E-state index in [2.05, 4.69) is 22.0 Å². The Bertz CT molecular complexity index is 572. The summed E-state index contributed by atoms with van der Waals surface area (Å²) in [6, 6.07) is 9.32. The van der Waals surface area contributed by atoms with Gasteiger partial charge in [0.1, 0.15) is 12.1 Å². The maximum absolute atomic E-state index is 6.17. The molecular weight excluding hydrogens is 268 g/mol. The van der Waals surface area contributed by atoms with E-state index in [4.69, 9.17) is 15.0 Å². The van der Waals surface area contributed by atoms with Gasteiger partial charge in [0.15, 0.2) is 0 Å². The normalized spacial score (nSPS) is 21.3. The van der Waals surface area contributed by atoms with Crippen LogP contribution < -0.4 is 5.73 Å². The Morgan fingerprint density at radius 3 is 2.95 bits per heavy atom. The van der Waals surface area contributed by atoms with Crippen LogP contribution in [0.1, 0.15) is 36.3 Å². The molecule has 0 aliphatic carbocycles. The summed E-state index contributed by atoms with van der Waals surface area (Å²) in [7, 11) is 0. The van der Waals surface area contributed by atoms with Gasteiger partial charge in [-0.1, -0.05) is 42.4 Å². The smallest absolute Gasteiger partial charge is 0.248 e. The van der Waals surface area contributed by atoms with E-state index in [9.17, 15) is 0 Å². The summed E-state index contributed by atoms with van der Waals surface area (Å²) < 4.78 is 11.0. The fourth-order valence-electron chi connectivity index (χ4n) is 2.45. The van der Waals surface area contributed by atoms with E-state index in [0.29, 0.717) is 18.3 Å².